The van der Waals surface area contributed by atoms with Crippen LogP contribution >= 0.6 is 0 Å². The number of carbonyl (C=O) groups excluding carboxylic acids is 1. The first-order chi connectivity index (χ1) is 12.8. The summed E-state index contributed by atoms with van der Waals surface area (Å²) in [5.74, 6) is 0.134. The van der Waals surface area contributed by atoms with E-state index in [1.807, 2.05) is 30.3 Å². The first kappa shape index (κ1) is 17.4. The number of benzene rings is 1. The summed E-state index contributed by atoms with van der Waals surface area (Å²) < 4.78 is 5.43. The van der Waals surface area contributed by atoms with E-state index in [-0.39, 0.29) is 5.91 Å². The SMILES string of the molecule is O=C(c1cnc2ccccc2c1)N1CCCCC1CCN1CCOCC1. The van der Waals surface area contributed by atoms with Crippen LogP contribution in [0.25, 0.3) is 10.9 Å². The smallest absolute Gasteiger partial charge is 0.255 e. The fourth-order valence-electron chi connectivity index (χ4n) is 4.08. The van der Waals surface area contributed by atoms with Gasteiger partial charge in [-0.1, -0.05) is 18.2 Å². The van der Waals surface area contributed by atoms with E-state index in [2.05, 4.69) is 14.8 Å². The Morgan fingerprint density at radius 2 is 2.00 bits per heavy atom. The molecule has 1 atom stereocenters. The van der Waals surface area contributed by atoms with Gasteiger partial charge >= 0.3 is 0 Å². The second-order valence-corrected chi connectivity index (χ2v) is 7.31. The number of nitrogens with zero attached hydrogens (tertiary/aromatic N) is 3. The van der Waals surface area contributed by atoms with Gasteiger partial charge in [0.15, 0.2) is 0 Å². The van der Waals surface area contributed by atoms with Crippen molar-refractivity contribution >= 4 is 16.8 Å². The number of fused-ring (bicyclic) bond motifs is 1. The van der Waals surface area contributed by atoms with Gasteiger partial charge in [0.05, 0.1) is 24.3 Å². The minimum Gasteiger partial charge on any atom is -0.379 e. The number of aromatic nitrogens is 1. The Hall–Kier alpha value is -1.98. The lowest BCUT2D eigenvalue weighted by atomic mass is 9.98. The van der Waals surface area contributed by atoms with Gasteiger partial charge in [-0.2, -0.15) is 0 Å². The van der Waals surface area contributed by atoms with Crippen LogP contribution < -0.4 is 0 Å². The van der Waals surface area contributed by atoms with Crippen molar-refractivity contribution in [3.8, 4) is 0 Å². The van der Waals surface area contributed by atoms with Crippen LogP contribution in [0.5, 0.6) is 0 Å². The zero-order chi connectivity index (χ0) is 17.8. The van der Waals surface area contributed by atoms with Crippen LogP contribution in [0.4, 0.5) is 0 Å². The molecule has 0 aliphatic carbocycles. The van der Waals surface area contributed by atoms with Gasteiger partial charge in [-0.05, 0) is 37.8 Å². The lowest BCUT2D eigenvalue weighted by Gasteiger charge is -2.37. The van der Waals surface area contributed by atoms with E-state index in [0.29, 0.717) is 11.6 Å². The molecule has 5 nitrogen and oxygen atoms in total. The minimum atomic E-state index is 0.134. The van der Waals surface area contributed by atoms with Crippen molar-refractivity contribution < 1.29 is 9.53 Å². The van der Waals surface area contributed by atoms with Crippen LogP contribution in [-0.4, -0.2) is 66.1 Å². The summed E-state index contributed by atoms with van der Waals surface area (Å²) in [7, 11) is 0. The molecule has 2 aromatic rings. The predicted molar refractivity (Wildman–Crippen MR) is 102 cm³/mol. The number of likely N-dealkylation sites (tertiary alicyclic amines) is 1. The molecule has 138 valence electrons. The number of pyridine rings is 1. The Labute approximate surface area is 154 Å². The molecule has 0 N–H and O–H groups in total. The van der Waals surface area contributed by atoms with E-state index >= 15 is 0 Å². The van der Waals surface area contributed by atoms with Gasteiger partial charge in [-0.3, -0.25) is 14.7 Å². The number of carbonyl (C=O) groups is 1. The van der Waals surface area contributed by atoms with Crippen molar-refractivity contribution in [2.24, 2.45) is 0 Å². The van der Waals surface area contributed by atoms with Crippen molar-refractivity contribution in [1.82, 2.24) is 14.8 Å². The maximum absolute atomic E-state index is 13.2. The second-order valence-electron chi connectivity index (χ2n) is 7.31. The Balaban J connectivity index is 1.46. The maximum Gasteiger partial charge on any atom is 0.255 e. The third kappa shape index (κ3) is 3.89. The van der Waals surface area contributed by atoms with Gasteiger partial charge in [0.2, 0.25) is 0 Å². The Kier molecular flexibility index (Phi) is 5.46. The van der Waals surface area contributed by atoms with Crippen LogP contribution in [0.2, 0.25) is 0 Å². The molecule has 26 heavy (non-hydrogen) atoms. The second kappa shape index (κ2) is 8.14. The van der Waals surface area contributed by atoms with E-state index in [0.717, 1.165) is 69.6 Å². The molecule has 1 amide bonds. The molecule has 1 aromatic heterocycles. The van der Waals surface area contributed by atoms with E-state index in [9.17, 15) is 4.79 Å². The Morgan fingerprint density at radius 1 is 1.15 bits per heavy atom. The van der Waals surface area contributed by atoms with Crippen LogP contribution in [-0.2, 0) is 4.74 Å². The number of para-hydroxylation sites is 1. The molecular formula is C21H27N3O2. The molecule has 0 bridgehead atoms. The average Bonchev–Trinajstić information content (AvgIpc) is 2.72. The number of piperidine rings is 1. The highest BCUT2D eigenvalue weighted by molar-refractivity contribution is 5.97. The molecule has 2 saturated heterocycles. The van der Waals surface area contributed by atoms with Gasteiger partial charge in [0.25, 0.3) is 5.91 Å². The van der Waals surface area contributed by atoms with Crippen molar-refractivity contribution in [2.75, 3.05) is 39.4 Å². The predicted octanol–water partition coefficient (Wildman–Crippen LogP) is 2.95. The van der Waals surface area contributed by atoms with Crippen molar-refractivity contribution in [3.05, 3.63) is 42.1 Å². The number of morpholine rings is 1. The summed E-state index contributed by atoms with van der Waals surface area (Å²) in [6, 6.07) is 10.3. The van der Waals surface area contributed by atoms with Crippen LogP contribution in [0.15, 0.2) is 36.5 Å². The first-order valence-corrected chi connectivity index (χ1v) is 9.77. The van der Waals surface area contributed by atoms with Gasteiger partial charge in [-0.25, -0.2) is 0 Å². The molecular weight excluding hydrogens is 326 g/mol. The quantitative estimate of drug-likeness (QED) is 0.848. The largest absolute Gasteiger partial charge is 0.379 e. The summed E-state index contributed by atoms with van der Waals surface area (Å²) in [4.78, 5) is 22.2. The monoisotopic (exact) mass is 353 g/mol. The number of hydrogen-bond acceptors (Lipinski definition) is 4. The highest BCUT2D eigenvalue weighted by Crippen LogP contribution is 2.23. The molecule has 0 spiro atoms. The van der Waals surface area contributed by atoms with Crippen molar-refractivity contribution in [3.63, 3.8) is 0 Å². The van der Waals surface area contributed by atoms with Gasteiger partial charge in [-0.15, -0.1) is 0 Å². The topological polar surface area (TPSA) is 45.7 Å². The third-order valence-electron chi connectivity index (χ3n) is 5.61. The molecule has 5 heteroatoms. The standard InChI is InChI=1S/C21H27N3O2/c25-21(18-15-17-5-1-2-7-20(17)22-16-18)24-9-4-3-6-19(24)8-10-23-11-13-26-14-12-23/h1-2,5,7,15-16,19H,3-4,6,8-14H2. The molecule has 2 aliphatic heterocycles. The van der Waals surface area contributed by atoms with Gasteiger partial charge in [0.1, 0.15) is 0 Å². The lowest BCUT2D eigenvalue weighted by Crippen LogP contribution is -2.46. The van der Waals surface area contributed by atoms with Crippen molar-refractivity contribution in [2.45, 2.75) is 31.7 Å². The highest BCUT2D eigenvalue weighted by atomic mass is 16.5. The molecule has 1 unspecified atom stereocenters. The van der Waals surface area contributed by atoms with Crippen molar-refractivity contribution in [1.29, 1.82) is 0 Å². The minimum absolute atomic E-state index is 0.134. The summed E-state index contributed by atoms with van der Waals surface area (Å²) in [6.07, 6.45) is 6.20. The summed E-state index contributed by atoms with van der Waals surface area (Å²) in [5, 5.41) is 1.03. The first-order valence-electron chi connectivity index (χ1n) is 9.77. The molecule has 4 rings (SSSR count). The zero-order valence-corrected chi connectivity index (χ0v) is 15.3. The normalized spacial score (nSPS) is 21.8. The summed E-state index contributed by atoms with van der Waals surface area (Å²) in [6.45, 7) is 5.59. The van der Waals surface area contributed by atoms with Gasteiger partial charge in [0, 0.05) is 43.8 Å². The molecule has 2 fully saturated rings. The third-order valence-corrected chi connectivity index (χ3v) is 5.61. The fourth-order valence-corrected chi connectivity index (χ4v) is 4.08. The van der Waals surface area contributed by atoms with Crippen LogP contribution in [0.1, 0.15) is 36.0 Å². The summed E-state index contributed by atoms with van der Waals surface area (Å²) >= 11 is 0. The lowest BCUT2D eigenvalue weighted by molar-refractivity contribution is 0.0295. The molecule has 2 aliphatic rings. The van der Waals surface area contributed by atoms with Gasteiger partial charge < -0.3 is 9.64 Å². The Morgan fingerprint density at radius 3 is 2.88 bits per heavy atom. The number of ether oxygens (including phenoxy) is 1. The Bertz CT molecular complexity index is 758. The molecule has 0 saturated carbocycles. The van der Waals surface area contributed by atoms with Crippen LogP contribution in [0.3, 0.4) is 0 Å². The molecule has 3 heterocycles. The van der Waals surface area contributed by atoms with E-state index < -0.39 is 0 Å². The van der Waals surface area contributed by atoms with E-state index in [4.69, 9.17) is 4.74 Å². The van der Waals surface area contributed by atoms with E-state index in [1.54, 1.807) is 6.20 Å². The number of hydrogen-bond donors (Lipinski definition) is 0. The zero-order valence-electron chi connectivity index (χ0n) is 15.3. The van der Waals surface area contributed by atoms with E-state index in [1.165, 1.54) is 6.42 Å². The number of rotatable bonds is 4. The number of amides is 1. The molecule has 1 aromatic carbocycles. The fraction of sp³-hybridized carbons (Fsp3) is 0.524. The molecule has 0 radical (unpaired) electrons. The van der Waals surface area contributed by atoms with Crippen LogP contribution in [0, 0.1) is 0 Å². The maximum atomic E-state index is 13.2. The highest BCUT2D eigenvalue weighted by Gasteiger charge is 2.28. The average molecular weight is 353 g/mol. The summed E-state index contributed by atoms with van der Waals surface area (Å²) in [5.41, 5.74) is 1.65.